The molecule has 8 heteroatoms. The first-order valence-electron chi connectivity index (χ1n) is 5.57. The Morgan fingerprint density at radius 2 is 1.81 bits per heavy atom. The summed E-state index contributed by atoms with van der Waals surface area (Å²) in [6, 6.07) is 6.55. The Kier molecular flexibility index (Phi) is 4.81. The van der Waals surface area contributed by atoms with Crippen molar-refractivity contribution < 1.29 is 22.7 Å². The Bertz CT molecular complexity index is 650. The van der Waals surface area contributed by atoms with Crippen molar-refractivity contribution in [2.45, 2.75) is 12.8 Å². The molecule has 0 N–H and O–H groups in total. The number of ether oxygens (including phenoxy) is 1. The van der Waals surface area contributed by atoms with Crippen LogP contribution in [0.25, 0.3) is 0 Å². The van der Waals surface area contributed by atoms with E-state index < -0.39 is 6.36 Å². The zero-order valence-electron chi connectivity index (χ0n) is 10.2. The quantitative estimate of drug-likeness (QED) is 0.689. The first kappa shape index (κ1) is 16.1. The Labute approximate surface area is 132 Å². The van der Waals surface area contributed by atoms with Gasteiger partial charge in [-0.05, 0) is 23.8 Å². The highest BCUT2D eigenvalue weighted by molar-refractivity contribution is 7.20. The van der Waals surface area contributed by atoms with Gasteiger partial charge >= 0.3 is 6.36 Å². The summed E-state index contributed by atoms with van der Waals surface area (Å²) >= 11 is 12.7. The molecule has 0 aliphatic carbocycles. The number of benzene rings is 1. The van der Waals surface area contributed by atoms with Crippen LogP contribution in [0.2, 0.25) is 8.67 Å². The summed E-state index contributed by atoms with van der Waals surface area (Å²) in [5.41, 5.74) is 0.857. The third kappa shape index (κ3) is 4.62. The molecule has 0 saturated heterocycles. The minimum absolute atomic E-state index is 0.0130. The van der Waals surface area contributed by atoms with E-state index in [9.17, 15) is 18.0 Å². The van der Waals surface area contributed by atoms with Crippen LogP contribution in [0.5, 0.6) is 5.75 Å². The third-order valence-corrected chi connectivity index (χ3v) is 3.97. The lowest BCUT2D eigenvalue weighted by Gasteiger charge is -2.09. The van der Waals surface area contributed by atoms with Gasteiger partial charge in [-0.25, -0.2) is 0 Å². The fourth-order valence-corrected chi connectivity index (χ4v) is 3.12. The predicted octanol–water partition coefficient (Wildman–Crippen LogP) is 5.38. The topological polar surface area (TPSA) is 26.3 Å². The average molecular weight is 355 g/mol. The molecule has 0 amide bonds. The van der Waals surface area contributed by atoms with Crippen LogP contribution >= 0.6 is 34.5 Å². The van der Waals surface area contributed by atoms with Gasteiger partial charge < -0.3 is 4.74 Å². The summed E-state index contributed by atoms with van der Waals surface area (Å²) in [4.78, 5) is 12.0. The standard InChI is InChI=1S/C13H7Cl2F3O2S/c14-11-6-9(12(15)21-11)10(19)5-7-1-3-8(4-2-7)20-13(16,17)18/h1-4,6H,5H2. The summed E-state index contributed by atoms with van der Waals surface area (Å²) in [6.07, 6.45) is -4.72. The highest BCUT2D eigenvalue weighted by Gasteiger charge is 2.31. The lowest BCUT2D eigenvalue weighted by atomic mass is 10.1. The highest BCUT2D eigenvalue weighted by Crippen LogP contribution is 2.32. The van der Waals surface area contributed by atoms with Crippen molar-refractivity contribution in [3.63, 3.8) is 0 Å². The van der Waals surface area contributed by atoms with E-state index in [1.54, 1.807) is 0 Å². The summed E-state index contributed by atoms with van der Waals surface area (Å²) < 4.78 is 40.5. The second kappa shape index (κ2) is 6.25. The third-order valence-electron chi connectivity index (χ3n) is 2.48. The molecule has 2 aromatic rings. The van der Waals surface area contributed by atoms with Crippen molar-refractivity contribution in [2.75, 3.05) is 0 Å². The molecule has 112 valence electrons. The second-order valence-electron chi connectivity index (χ2n) is 4.03. The smallest absolute Gasteiger partial charge is 0.406 e. The number of Topliss-reactive ketones (excluding diaryl/α,β-unsaturated/α-hetero) is 1. The molecular weight excluding hydrogens is 348 g/mol. The molecule has 21 heavy (non-hydrogen) atoms. The Balaban J connectivity index is 2.07. The van der Waals surface area contributed by atoms with Gasteiger partial charge in [-0.1, -0.05) is 35.3 Å². The minimum Gasteiger partial charge on any atom is -0.406 e. The predicted molar refractivity (Wildman–Crippen MR) is 75.5 cm³/mol. The zero-order chi connectivity index (χ0) is 15.6. The molecule has 0 unspecified atom stereocenters. The number of carbonyl (C=O) groups is 1. The van der Waals surface area contributed by atoms with Crippen LogP contribution in [-0.4, -0.2) is 12.1 Å². The van der Waals surface area contributed by atoms with Crippen molar-refractivity contribution in [1.82, 2.24) is 0 Å². The summed E-state index contributed by atoms with van der Waals surface area (Å²) in [5, 5.41) is 0. The SMILES string of the molecule is O=C(Cc1ccc(OC(F)(F)F)cc1)c1cc(Cl)sc1Cl. The summed E-state index contributed by atoms with van der Waals surface area (Å²) in [6.45, 7) is 0. The highest BCUT2D eigenvalue weighted by atomic mass is 35.5. The molecule has 2 nitrogen and oxygen atoms in total. The number of rotatable bonds is 4. The number of thiophene rings is 1. The molecule has 2 rings (SSSR count). The first-order valence-corrected chi connectivity index (χ1v) is 7.14. The Morgan fingerprint density at radius 1 is 1.19 bits per heavy atom. The van der Waals surface area contributed by atoms with E-state index in [0.29, 0.717) is 19.8 Å². The fourth-order valence-electron chi connectivity index (χ4n) is 1.62. The van der Waals surface area contributed by atoms with Gasteiger partial charge in [0.05, 0.1) is 4.34 Å². The Morgan fingerprint density at radius 3 is 2.29 bits per heavy atom. The molecule has 0 fully saturated rings. The molecule has 1 aromatic carbocycles. The van der Waals surface area contributed by atoms with Crippen molar-refractivity contribution in [3.05, 3.63) is 50.1 Å². The van der Waals surface area contributed by atoms with Gasteiger partial charge in [0.1, 0.15) is 10.1 Å². The van der Waals surface area contributed by atoms with Crippen LogP contribution in [0.4, 0.5) is 13.2 Å². The molecule has 0 atom stereocenters. The lowest BCUT2D eigenvalue weighted by Crippen LogP contribution is -2.17. The van der Waals surface area contributed by atoms with Gasteiger partial charge in [-0.3, -0.25) is 4.79 Å². The van der Waals surface area contributed by atoms with E-state index in [0.717, 1.165) is 23.5 Å². The van der Waals surface area contributed by atoms with E-state index in [1.165, 1.54) is 18.2 Å². The normalized spacial score (nSPS) is 11.5. The molecule has 1 aromatic heterocycles. The number of hydrogen-bond donors (Lipinski definition) is 0. The van der Waals surface area contributed by atoms with Crippen molar-refractivity contribution in [2.24, 2.45) is 0 Å². The van der Waals surface area contributed by atoms with Crippen molar-refractivity contribution >= 4 is 40.3 Å². The summed E-state index contributed by atoms with van der Waals surface area (Å²) in [5.74, 6) is -0.594. The molecular formula is C13H7Cl2F3O2S. The zero-order valence-corrected chi connectivity index (χ0v) is 12.5. The number of carbonyl (C=O) groups excluding carboxylic acids is 1. The number of halogens is 5. The van der Waals surface area contributed by atoms with E-state index in [4.69, 9.17) is 23.2 Å². The van der Waals surface area contributed by atoms with Crippen LogP contribution in [-0.2, 0) is 6.42 Å². The molecule has 0 radical (unpaired) electrons. The lowest BCUT2D eigenvalue weighted by molar-refractivity contribution is -0.274. The van der Waals surface area contributed by atoms with Crippen LogP contribution in [0.15, 0.2) is 30.3 Å². The molecule has 0 aliphatic heterocycles. The van der Waals surface area contributed by atoms with Crippen LogP contribution in [0, 0.1) is 0 Å². The maximum atomic E-state index is 12.0. The largest absolute Gasteiger partial charge is 0.573 e. The van der Waals surface area contributed by atoms with E-state index in [2.05, 4.69) is 4.74 Å². The second-order valence-corrected chi connectivity index (χ2v) is 6.32. The van der Waals surface area contributed by atoms with Gasteiger partial charge in [-0.15, -0.1) is 24.5 Å². The van der Waals surface area contributed by atoms with E-state index >= 15 is 0 Å². The monoisotopic (exact) mass is 354 g/mol. The van der Waals surface area contributed by atoms with Gasteiger partial charge in [0.15, 0.2) is 5.78 Å². The van der Waals surface area contributed by atoms with Crippen LogP contribution in [0.3, 0.4) is 0 Å². The first-order chi connectivity index (χ1) is 9.74. The minimum atomic E-state index is -4.74. The van der Waals surface area contributed by atoms with Gasteiger partial charge in [0, 0.05) is 12.0 Å². The average Bonchev–Trinajstić information content (AvgIpc) is 2.69. The molecule has 0 aliphatic rings. The maximum absolute atomic E-state index is 12.0. The van der Waals surface area contributed by atoms with E-state index in [1.807, 2.05) is 0 Å². The van der Waals surface area contributed by atoms with Crippen LogP contribution < -0.4 is 4.74 Å². The van der Waals surface area contributed by atoms with Crippen molar-refractivity contribution in [1.29, 1.82) is 0 Å². The van der Waals surface area contributed by atoms with Crippen LogP contribution in [0.1, 0.15) is 15.9 Å². The molecule has 1 heterocycles. The summed E-state index contributed by atoms with van der Waals surface area (Å²) in [7, 11) is 0. The number of alkyl halides is 3. The maximum Gasteiger partial charge on any atom is 0.573 e. The fraction of sp³-hybridized carbons (Fsp3) is 0.154. The molecule has 0 spiro atoms. The number of ketones is 1. The Hall–Kier alpha value is -1.24. The molecule has 0 bridgehead atoms. The van der Waals surface area contributed by atoms with Crippen molar-refractivity contribution in [3.8, 4) is 5.75 Å². The van der Waals surface area contributed by atoms with E-state index in [-0.39, 0.29) is 18.0 Å². The van der Waals surface area contributed by atoms with Gasteiger partial charge in [-0.2, -0.15) is 0 Å². The number of hydrogen-bond acceptors (Lipinski definition) is 3. The van der Waals surface area contributed by atoms with Gasteiger partial charge in [0.25, 0.3) is 0 Å². The van der Waals surface area contributed by atoms with Gasteiger partial charge in [0.2, 0.25) is 0 Å². The molecule has 0 saturated carbocycles.